The van der Waals surface area contributed by atoms with Crippen molar-refractivity contribution in [3.8, 4) is 0 Å². The minimum Gasteiger partial charge on any atom is -0.372 e. The van der Waals surface area contributed by atoms with Crippen LogP contribution in [0.3, 0.4) is 0 Å². The van der Waals surface area contributed by atoms with Crippen molar-refractivity contribution < 1.29 is 4.79 Å². The Hall–Kier alpha value is -1.75. The minimum absolute atomic E-state index is 0.141. The third kappa shape index (κ3) is 5.93. The maximum Gasteiger partial charge on any atom is 0.319 e. The average Bonchev–Trinajstić information content (AvgIpc) is 2.47. The number of nitrogens with one attached hydrogen (secondary N) is 2. The van der Waals surface area contributed by atoms with E-state index in [1.807, 2.05) is 27.1 Å². The maximum absolute atomic E-state index is 11.9. The monoisotopic (exact) mass is 306 g/mol. The van der Waals surface area contributed by atoms with Crippen molar-refractivity contribution in [2.45, 2.75) is 27.2 Å². The largest absolute Gasteiger partial charge is 0.372 e. The Balaban J connectivity index is 2.53. The van der Waals surface area contributed by atoms with Crippen LogP contribution in [-0.4, -0.2) is 51.2 Å². The molecule has 1 aromatic rings. The van der Waals surface area contributed by atoms with Gasteiger partial charge in [0.05, 0.1) is 0 Å². The van der Waals surface area contributed by atoms with Gasteiger partial charge >= 0.3 is 6.03 Å². The van der Waals surface area contributed by atoms with Gasteiger partial charge in [0.1, 0.15) is 0 Å². The van der Waals surface area contributed by atoms with Crippen molar-refractivity contribution in [1.29, 1.82) is 0 Å². The van der Waals surface area contributed by atoms with Gasteiger partial charge in [-0.2, -0.15) is 0 Å². The number of urea groups is 1. The van der Waals surface area contributed by atoms with Gasteiger partial charge in [-0.1, -0.05) is 0 Å². The molecule has 0 aliphatic rings. The predicted octanol–water partition coefficient (Wildman–Crippen LogP) is 2.91. The lowest BCUT2D eigenvalue weighted by atomic mass is 10.1. The zero-order chi connectivity index (χ0) is 16.5. The van der Waals surface area contributed by atoms with Crippen molar-refractivity contribution in [3.63, 3.8) is 0 Å². The number of benzene rings is 1. The molecule has 0 aliphatic heterocycles. The van der Waals surface area contributed by atoms with E-state index in [9.17, 15) is 4.79 Å². The van der Waals surface area contributed by atoms with Gasteiger partial charge in [0, 0.05) is 31.0 Å². The normalized spacial score (nSPS) is 10.6. The summed E-state index contributed by atoms with van der Waals surface area (Å²) in [5.74, 6) is 0. The summed E-state index contributed by atoms with van der Waals surface area (Å²) in [5.41, 5.74) is 3.13. The van der Waals surface area contributed by atoms with Crippen LogP contribution in [0.1, 0.15) is 25.8 Å². The molecule has 5 nitrogen and oxygen atoms in total. The summed E-state index contributed by atoms with van der Waals surface area (Å²) < 4.78 is 0. The zero-order valence-corrected chi connectivity index (χ0v) is 14.6. The first kappa shape index (κ1) is 18.3. The Labute approximate surface area is 134 Å². The average molecular weight is 306 g/mol. The Morgan fingerprint density at radius 2 is 1.86 bits per heavy atom. The SMILES string of the molecule is CCN(CC)c1ccc(NC(=O)NCCCN(C)C)c(C)c1. The molecule has 1 rings (SSSR count). The lowest BCUT2D eigenvalue weighted by Crippen LogP contribution is -2.31. The molecular weight excluding hydrogens is 276 g/mol. The quantitative estimate of drug-likeness (QED) is 0.726. The minimum atomic E-state index is -0.141. The molecule has 22 heavy (non-hydrogen) atoms. The summed E-state index contributed by atoms with van der Waals surface area (Å²) in [6, 6.07) is 6.01. The molecule has 0 atom stereocenters. The second-order valence-corrected chi connectivity index (χ2v) is 5.71. The lowest BCUT2D eigenvalue weighted by Gasteiger charge is -2.22. The van der Waals surface area contributed by atoms with Crippen LogP contribution in [0.5, 0.6) is 0 Å². The molecule has 0 saturated carbocycles. The number of amides is 2. The number of aryl methyl sites for hydroxylation is 1. The molecule has 0 unspecified atom stereocenters. The van der Waals surface area contributed by atoms with E-state index < -0.39 is 0 Å². The second kappa shape index (κ2) is 9.30. The highest BCUT2D eigenvalue weighted by molar-refractivity contribution is 5.90. The molecular formula is C17H30N4O. The van der Waals surface area contributed by atoms with E-state index in [0.717, 1.165) is 37.3 Å². The highest BCUT2D eigenvalue weighted by Gasteiger charge is 2.07. The number of rotatable bonds is 8. The Morgan fingerprint density at radius 1 is 1.18 bits per heavy atom. The van der Waals surface area contributed by atoms with E-state index in [-0.39, 0.29) is 6.03 Å². The Morgan fingerprint density at radius 3 is 2.41 bits per heavy atom. The standard InChI is InChI=1S/C17H30N4O/c1-6-21(7-2)15-9-10-16(14(3)13-15)19-17(22)18-11-8-12-20(4)5/h9-10,13H,6-8,11-12H2,1-5H3,(H2,18,19,22). The third-order valence-electron chi connectivity index (χ3n) is 3.65. The van der Waals surface area contributed by atoms with E-state index >= 15 is 0 Å². The fourth-order valence-corrected chi connectivity index (χ4v) is 2.34. The molecule has 2 amide bonds. The van der Waals surface area contributed by atoms with E-state index in [2.05, 4.69) is 46.4 Å². The van der Waals surface area contributed by atoms with Gasteiger partial charge in [-0.25, -0.2) is 4.79 Å². The maximum atomic E-state index is 11.9. The summed E-state index contributed by atoms with van der Waals surface area (Å²) in [4.78, 5) is 16.3. The second-order valence-electron chi connectivity index (χ2n) is 5.71. The van der Waals surface area contributed by atoms with Gasteiger partial charge in [-0.3, -0.25) is 0 Å². The highest BCUT2D eigenvalue weighted by Crippen LogP contribution is 2.22. The van der Waals surface area contributed by atoms with E-state index in [1.165, 1.54) is 5.69 Å². The first-order chi connectivity index (χ1) is 10.5. The molecule has 0 aromatic heterocycles. The van der Waals surface area contributed by atoms with Gasteiger partial charge in [0.25, 0.3) is 0 Å². The van der Waals surface area contributed by atoms with Crippen LogP contribution < -0.4 is 15.5 Å². The predicted molar refractivity (Wildman–Crippen MR) is 94.9 cm³/mol. The van der Waals surface area contributed by atoms with E-state index in [0.29, 0.717) is 6.54 Å². The molecule has 0 aliphatic carbocycles. The first-order valence-corrected chi connectivity index (χ1v) is 8.03. The molecule has 0 heterocycles. The summed E-state index contributed by atoms with van der Waals surface area (Å²) in [5, 5.41) is 5.80. The highest BCUT2D eigenvalue weighted by atomic mass is 16.2. The van der Waals surface area contributed by atoms with Gasteiger partial charge in [0.15, 0.2) is 0 Å². The topological polar surface area (TPSA) is 47.6 Å². The molecule has 0 fully saturated rings. The lowest BCUT2D eigenvalue weighted by molar-refractivity contribution is 0.251. The molecule has 1 aromatic carbocycles. The summed E-state index contributed by atoms with van der Waals surface area (Å²) >= 11 is 0. The van der Waals surface area contributed by atoms with E-state index in [4.69, 9.17) is 0 Å². The Bertz CT molecular complexity index is 470. The number of nitrogens with zero attached hydrogens (tertiary/aromatic N) is 2. The van der Waals surface area contributed by atoms with Gasteiger partial charge in [0.2, 0.25) is 0 Å². The molecule has 0 radical (unpaired) electrons. The molecule has 0 bridgehead atoms. The van der Waals surface area contributed by atoms with Crippen LogP contribution >= 0.6 is 0 Å². The van der Waals surface area contributed by atoms with Crippen molar-refractivity contribution in [3.05, 3.63) is 23.8 Å². The number of carbonyl (C=O) groups is 1. The fraction of sp³-hybridized carbons (Fsp3) is 0.588. The Kier molecular flexibility index (Phi) is 7.74. The van der Waals surface area contributed by atoms with Crippen LogP contribution in [0.4, 0.5) is 16.2 Å². The molecule has 0 spiro atoms. The van der Waals surface area contributed by atoms with Crippen LogP contribution in [-0.2, 0) is 0 Å². The van der Waals surface area contributed by atoms with Crippen molar-refractivity contribution >= 4 is 17.4 Å². The smallest absolute Gasteiger partial charge is 0.319 e. The van der Waals surface area contributed by atoms with Crippen molar-refractivity contribution in [1.82, 2.24) is 10.2 Å². The third-order valence-corrected chi connectivity index (χ3v) is 3.65. The molecule has 5 heteroatoms. The summed E-state index contributed by atoms with van der Waals surface area (Å²) in [6.45, 7) is 9.93. The molecule has 2 N–H and O–H groups in total. The fourth-order valence-electron chi connectivity index (χ4n) is 2.34. The summed E-state index contributed by atoms with van der Waals surface area (Å²) in [7, 11) is 4.06. The zero-order valence-electron chi connectivity index (χ0n) is 14.6. The van der Waals surface area contributed by atoms with Crippen molar-refractivity contribution in [2.24, 2.45) is 0 Å². The molecule has 124 valence electrons. The van der Waals surface area contributed by atoms with Crippen LogP contribution in [0, 0.1) is 6.92 Å². The molecule has 0 saturated heterocycles. The number of hydrogen-bond acceptors (Lipinski definition) is 3. The van der Waals surface area contributed by atoms with E-state index in [1.54, 1.807) is 0 Å². The van der Waals surface area contributed by atoms with Crippen molar-refractivity contribution in [2.75, 3.05) is 50.5 Å². The number of hydrogen-bond donors (Lipinski definition) is 2. The van der Waals surface area contributed by atoms with Crippen LogP contribution in [0.15, 0.2) is 18.2 Å². The van der Waals surface area contributed by atoms with Crippen LogP contribution in [0.2, 0.25) is 0 Å². The van der Waals surface area contributed by atoms with Gasteiger partial charge in [-0.05, 0) is 71.6 Å². The van der Waals surface area contributed by atoms with Crippen LogP contribution in [0.25, 0.3) is 0 Å². The van der Waals surface area contributed by atoms with Gasteiger partial charge in [-0.15, -0.1) is 0 Å². The number of carbonyl (C=O) groups excluding carboxylic acids is 1. The van der Waals surface area contributed by atoms with Gasteiger partial charge < -0.3 is 20.4 Å². The summed E-state index contributed by atoms with van der Waals surface area (Å²) in [6.07, 6.45) is 0.945. The number of anilines is 2. The first-order valence-electron chi connectivity index (χ1n) is 8.03.